The molecule has 7 heteroatoms. The van der Waals surface area contributed by atoms with Gasteiger partial charge >= 0.3 is 0 Å². The molecule has 2 aromatic rings. The first kappa shape index (κ1) is 19.7. The second-order valence-corrected chi connectivity index (χ2v) is 7.28. The summed E-state index contributed by atoms with van der Waals surface area (Å²) in [6.45, 7) is 3.81. The predicted molar refractivity (Wildman–Crippen MR) is 115 cm³/mol. The van der Waals surface area contributed by atoms with Crippen LogP contribution in [0.25, 0.3) is 11.3 Å². The molecule has 0 saturated carbocycles. The predicted octanol–water partition coefficient (Wildman–Crippen LogP) is 4.84. The molecule has 0 N–H and O–H groups in total. The fourth-order valence-corrected chi connectivity index (χ4v) is 4.65. The van der Waals surface area contributed by atoms with Crippen LogP contribution < -0.4 is 0 Å². The third-order valence-electron chi connectivity index (χ3n) is 4.86. The molecule has 5 nitrogen and oxygen atoms in total. The van der Waals surface area contributed by atoms with E-state index >= 15 is 0 Å². The summed E-state index contributed by atoms with van der Waals surface area (Å²) in [4.78, 5) is 2.21. The van der Waals surface area contributed by atoms with Gasteiger partial charge < -0.3 is 9.47 Å². The summed E-state index contributed by atoms with van der Waals surface area (Å²) in [7, 11) is 0. The summed E-state index contributed by atoms with van der Waals surface area (Å²) < 4.78 is 2.15. The fourth-order valence-electron chi connectivity index (χ4n) is 3.55. The Bertz CT molecular complexity index is 910. The van der Waals surface area contributed by atoms with Crippen LogP contribution in [0.1, 0.15) is 43.4 Å². The van der Waals surface area contributed by atoms with Gasteiger partial charge in [0.2, 0.25) is 0 Å². The lowest BCUT2D eigenvalue weighted by Gasteiger charge is -2.22. The van der Waals surface area contributed by atoms with Crippen LogP contribution in [0.5, 0.6) is 0 Å². The van der Waals surface area contributed by atoms with E-state index in [-0.39, 0.29) is 17.0 Å². The van der Waals surface area contributed by atoms with Crippen molar-refractivity contribution in [1.82, 2.24) is 19.7 Å². The molecule has 0 aliphatic carbocycles. The van der Waals surface area contributed by atoms with Crippen LogP contribution in [-0.2, 0) is 13.0 Å². The molecule has 1 aromatic heterocycles. The average molecular weight is 444 g/mol. The van der Waals surface area contributed by atoms with Crippen molar-refractivity contribution in [1.29, 1.82) is 5.26 Å². The van der Waals surface area contributed by atoms with Gasteiger partial charge in [-0.2, -0.15) is 5.26 Å². The molecule has 4 rings (SSSR count). The number of hydrogen-bond acceptors (Lipinski definition) is 5. The van der Waals surface area contributed by atoms with E-state index in [4.69, 9.17) is 0 Å². The van der Waals surface area contributed by atoms with Crippen molar-refractivity contribution in [2.45, 2.75) is 39.2 Å². The first-order valence-electron chi connectivity index (χ1n) is 9.10. The molecule has 1 aromatic carbocycles. The zero-order valence-electron chi connectivity index (χ0n) is 15.3. The maximum atomic E-state index is 9.95. The number of rotatable bonds is 3. The summed E-state index contributed by atoms with van der Waals surface area (Å²) in [5.74, 6) is 1.72. The molecular weight excluding hydrogens is 422 g/mol. The number of hydrogen-bond donors (Lipinski definition) is 0. The average Bonchev–Trinajstić information content (AvgIpc) is 3.21. The molecule has 27 heavy (non-hydrogen) atoms. The van der Waals surface area contributed by atoms with Crippen LogP contribution in [0.15, 0.2) is 40.8 Å². The van der Waals surface area contributed by atoms with Crippen molar-refractivity contribution in [3.05, 3.63) is 58.0 Å². The Kier molecular flexibility index (Phi) is 6.40. The highest BCUT2D eigenvalue weighted by Gasteiger charge is 2.28. The maximum Gasteiger partial charge on any atom is 0.177 e. The van der Waals surface area contributed by atoms with Crippen LogP contribution in [0.2, 0.25) is 0 Å². The number of nitrogens with zero attached hydrogens (tertiary/aromatic N) is 5. The van der Waals surface area contributed by atoms with Crippen molar-refractivity contribution >= 4 is 40.0 Å². The van der Waals surface area contributed by atoms with Crippen LogP contribution in [0.3, 0.4) is 0 Å². The Morgan fingerprint density at radius 1 is 1.19 bits per heavy atom. The highest BCUT2D eigenvalue weighted by Crippen LogP contribution is 2.42. The minimum absolute atomic E-state index is 0. The number of thioether (sulfide) groups is 1. The van der Waals surface area contributed by atoms with Gasteiger partial charge in [-0.05, 0) is 25.3 Å². The molecule has 140 valence electrons. The van der Waals surface area contributed by atoms with E-state index in [0.29, 0.717) is 11.4 Å². The van der Waals surface area contributed by atoms with Crippen molar-refractivity contribution in [3.63, 3.8) is 0 Å². The van der Waals surface area contributed by atoms with Gasteiger partial charge in [0.05, 0.1) is 5.70 Å². The molecule has 0 radical (unpaired) electrons. The minimum Gasteiger partial charge on any atom is -0.334 e. The van der Waals surface area contributed by atoms with Gasteiger partial charge in [-0.15, -0.1) is 27.2 Å². The summed E-state index contributed by atoms with van der Waals surface area (Å²) >= 11 is 1.60. The number of benzene rings is 1. The van der Waals surface area contributed by atoms with Crippen molar-refractivity contribution in [2.75, 3.05) is 6.54 Å². The Morgan fingerprint density at radius 3 is 2.74 bits per heavy atom. The smallest absolute Gasteiger partial charge is 0.177 e. The lowest BCUT2D eigenvalue weighted by molar-refractivity contribution is 0.556. The van der Waals surface area contributed by atoms with E-state index in [1.807, 2.05) is 18.2 Å². The molecule has 0 atom stereocenters. The van der Waals surface area contributed by atoms with Gasteiger partial charge in [-0.25, -0.2) is 0 Å². The minimum atomic E-state index is 0. The van der Waals surface area contributed by atoms with Crippen LogP contribution in [0.4, 0.5) is 0 Å². The molecule has 0 amide bonds. The Balaban J connectivity index is 0.00000210. The molecule has 2 aliphatic rings. The van der Waals surface area contributed by atoms with Gasteiger partial charge in [0, 0.05) is 24.9 Å². The monoisotopic (exact) mass is 443 g/mol. The largest absolute Gasteiger partial charge is 0.334 e. The van der Waals surface area contributed by atoms with E-state index in [1.54, 1.807) is 11.8 Å². The van der Waals surface area contributed by atoms with E-state index in [0.717, 1.165) is 54.5 Å². The second-order valence-electron chi connectivity index (χ2n) is 6.43. The summed E-state index contributed by atoms with van der Waals surface area (Å²) in [5, 5.41) is 21.8. The lowest BCUT2D eigenvalue weighted by atomic mass is 10.1. The quantitative estimate of drug-likeness (QED) is 0.634. The molecule has 0 spiro atoms. The molecular formula is C20H22BrN5S. The standard InChI is InChI=1S/C20H21N5S.BrH/c1-2-24-17(15-9-5-3-6-10-15)14-26-20(24)16(13-21)19-23-22-18-11-7-4-8-12-25(18)19;/h3,5-6,9-10,14H,2,4,7-8,11-12H2,1H3;1H/b20-16+;. The SMILES string of the molecule is Br.CCN1C(c2ccccc2)=CS/C1=C(\C#N)c1nnc2n1CCCCC2. The normalized spacial score (nSPS) is 18.1. The van der Waals surface area contributed by atoms with Crippen LogP contribution in [-0.4, -0.2) is 26.2 Å². The second kappa shape index (κ2) is 8.77. The highest BCUT2D eigenvalue weighted by molar-refractivity contribution is 8.93. The zero-order valence-corrected chi connectivity index (χ0v) is 17.8. The van der Waals surface area contributed by atoms with Crippen LogP contribution >= 0.6 is 28.7 Å². The molecule has 0 unspecified atom stereocenters. The van der Waals surface area contributed by atoms with Gasteiger partial charge in [0.25, 0.3) is 0 Å². The number of halogens is 1. The fraction of sp³-hybridized carbons (Fsp3) is 0.350. The Labute approximate surface area is 174 Å². The molecule has 0 bridgehead atoms. The first-order valence-corrected chi connectivity index (χ1v) is 9.98. The topological polar surface area (TPSA) is 57.7 Å². The summed E-state index contributed by atoms with van der Waals surface area (Å²) in [6, 6.07) is 12.7. The summed E-state index contributed by atoms with van der Waals surface area (Å²) in [5.41, 5.74) is 2.92. The maximum absolute atomic E-state index is 9.95. The van der Waals surface area contributed by atoms with Crippen LogP contribution in [0, 0.1) is 11.3 Å². The van der Waals surface area contributed by atoms with E-state index in [1.165, 1.54) is 6.42 Å². The third kappa shape index (κ3) is 3.69. The van der Waals surface area contributed by atoms with E-state index in [2.05, 4.69) is 50.2 Å². The van der Waals surface area contributed by atoms with Gasteiger partial charge in [-0.3, -0.25) is 0 Å². The highest BCUT2D eigenvalue weighted by atomic mass is 79.9. The van der Waals surface area contributed by atoms with Crippen molar-refractivity contribution in [3.8, 4) is 6.07 Å². The van der Waals surface area contributed by atoms with E-state index in [9.17, 15) is 5.26 Å². The van der Waals surface area contributed by atoms with Gasteiger partial charge in [-0.1, -0.05) is 48.5 Å². The number of nitriles is 1. The number of allylic oxidation sites excluding steroid dienone is 1. The molecule has 3 heterocycles. The van der Waals surface area contributed by atoms with Gasteiger partial charge in [0.1, 0.15) is 22.5 Å². The zero-order chi connectivity index (χ0) is 17.9. The number of aromatic nitrogens is 3. The summed E-state index contributed by atoms with van der Waals surface area (Å²) in [6.07, 6.45) is 4.41. The first-order chi connectivity index (χ1) is 12.8. The number of aryl methyl sites for hydroxylation is 1. The number of fused-ring (bicyclic) bond motifs is 1. The molecule has 0 saturated heterocycles. The Morgan fingerprint density at radius 2 is 2.00 bits per heavy atom. The molecule has 0 fully saturated rings. The van der Waals surface area contributed by atoms with E-state index < -0.39 is 0 Å². The lowest BCUT2D eigenvalue weighted by Crippen LogP contribution is -2.18. The van der Waals surface area contributed by atoms with Crippen molar-refractivity contribution in [2.24, 2.45) is 0 Å². The molecule has 2 aliphatic heterocycles. The van der Waals surface area contributed by atoms with Gasteiger partial charge in [0.15, 0.2) is 5.82 Å². The third-order valence-corrected chi connectivity index (χ3v) is 5.85. The Hall–Kier alpha value is -2.04. The van der Waals surface area contributed by atoms with Crippen molar-refractivity contribution < 1.29 is 0 Å².